The van der Waals surface area contributed by atoms with E-state index in [1.807, 2.05) is 0 Å². The third-order valence-corrected chi connectivity index (χ3v) is 6.41. The SMILES string of the molecule is CCCCN(CCCC)C(=O)[C@@H](C/C=C/C1CCCCC1)N1CCCCC1. The Bertz CT molecular complexity index is 414. The Labute approximate surface area is 168 Å². The van der Waals surface area contributed by atoms with Crippen LogP contribution in [0.2, 0.25) is 0 Å². The number of hydrogen-bond donors (Lipinski definition) is 0. The molecule has 1 saturated heterocycles. The first-order chi connectivity index (χ1) is 13.3. The molecule has 0 unspecified atom stereocenters. The molecule has 0 N–H and O–H groups in total. The fourth-order valence-corrected chi connectivity index (χ4v) is 4.60. The van der Waals surface area contributed by atoms with Crippen LogP contribution >= 0.6 is 0 Å². The van der Waals surface area contributed by atoms with E-state index in [2.05, 4.69) is 35.8 Å². The van der Waals surface area contributed by atoms with Gasteiger partial charge in [-0.25, -0.2) is 0 Å². The van der Waals surface area contributed by atoms with Gasteiger partial charge in [-0.2, -0.15) is 0 Å². The topological polar surface area (TPSA) is 23.6 Å². The zero-order chi connectivity index (χ0) is 19.3. The molecule has 27 heavy (non-hydrogen) atoms. The summed E-state index contributed by atoms with van der Waals surface area (Å²) in [6.45, 7) is 8.51. The minimum Gasteiger partial charge on any atom is -0.341 e. The lowest BCUT2D eigenvalue weighted by atomic mass is 9.88. The fraction of sp³-hybridized carbons (Fsp3) is 0.875. The quantitative estimate of drug-likeness (QED) is 0.426. The number of carbonyl (C=O) groups is 1. The van der Waals surface area contributed by atoms with Crippen LogP contribution in [0.1, 0.15) is 97.3 Å². The van der Waals surface area contributed by atoms with Gasteiger partial charge in [-0.15, -0.1) is 0 Å². The van der Waals surface area contributed by atoms with Crippen LogP contribution in [0.5, 0.6) is 0 Å². The number of carbonyl (C=O) groups excluding carboxylic acids is 1. The summed E-state index contributed by atoms with van der Waals surface area (Å²) in [6, 6.07) is 0.0684. The number of unbranched alkanes of at least 4 members (excludes halogenated alkanes) is 2. The van der Waals surface area contributed by atoms with Crippen LogP contribution in [0.15, 0.2) is 12.2 Å². The van der Waals surface area contributed by atoms with Gasteiger partial charge in [0.2, 0.25) is 5.91 Å². The van der Waals surface area contributed by atoms with Crippen molar-refractivity contribution in [1.29, 1.82) is 0 Å². The molecular formula is C24H44N2O. The second kappa shape index (κ2) is 13.4. The van der Waals surface area contributed by atoms with Gasteiger partial charge in [0.15, 0.2) is 0 Å². The first-order valence-corrected chi connectivity index (χ1v) is 12.0. The largest absolute Gasteiger partial charge is 0.341 e. The van der Waals surface area contributed by atoms with Gasteiger partial charge in [-0.1, -0.05) is 64.5 Å². The first-order valence-electron chi connectivity index (χ1n) is 12.0. The van der Waals surface area contributed by atoms with Crippen molar-refractivity contribution < 1.29 is 4.79 Å². The van der Waals surface area contributed by atoms with Crippen LogP contribution in [0.4, 0.5) is 0 Å². The summed E-state index contributed by atoms with van der Waals surface area (Å²) in [5.41, 5.74) is 0. The van der Waals surface area contributed by atoms with E-state index in [0.29, 0.717) is 5.91 Å². The smallest absolute Gasteiger partial charge is 0.240 e. The molecule has 0 bridgehead atoms. The highest BCUT2D eigenvalue weighted by atomic mass is 16.2. The number of allylic oxidation sites excluding steroid dienone is 1. The Morgan fingerprint density at radius 3 is 2.15 bits per heavy atom. The third-order valence-electron chi connectivity index (χ3n) is 6.41. The number of hydrogen-bond acceptors (Lipinski definition) is 2. The molecule has 2 aliphatic rings. The highest BCUT2D eigenvalue weighted by Gasteiger charge is 2.29. The molecule has 0 spiro atoms. The van der Waals surface area contributed by atoms with Crippen molar-refractivity contribution in [2.24, 2.45) is 5.92 Å². The maximum absolute atomic E-state index is 13.5. The zero-order valence-electron chi connectivity index (χ0n) is 18.1. The van der Waals surface area contributed by atoms with Crippen LogP contribution in [0.3, 0.4) is 0 Å². The summed E-state index contributed by atoms with van der Waals surface area (Å²) in [4.78, 5) is 18.2. The van der Waals surface area contributed by atoms with Gasteiger partial charge in [0.05, 0.1) is 6.04 Å². The van der Waals surface area contributed by atoms with Gasteiger partial charge >= 0.3 is 0 Å². The monoisotopic (exact) mass is 376 g/mol. The molecule has 1 aliphatic heterocycles. The Kier molecular flexibility index (Phi) is 11.1. The predicted molar refractivity (Wildman–Crippen MR) is 116 cm³/mol. The van der Waals surface area contributed by atoms with Crippen molar-refractivity contribution in [1.82, 2.24) is 9.80 Å². The second-order valence-electron chi connectivity index (χ2n) is 8.71. The Hall–Kier alpha value is -0.830. The average Bonchev–Trinajstić information content (AvgIpc) is 2.72. The van der Waals surface area contributed by atoms with E-state index >= 15 is 0 Å². The molecule has 2 fully saturated rings. The summed E-state index contributed by atoms with van der Waals surface area (Å²) in [5, 5.41) is 0. The molecule has 2 rings (SSSR count). The summed E-state index contributed by atoms with van der Waals surface area (Å²) in [7, 11) is 0. The molecule has 1 heterocycles. The zero-order valence-corrected chi connectivity index (χ0v) is 18.1. The molecule has 1 aliphatic carbocycles. The normalized spacial score (nSPS) is 20.8. The van der Waals surface area contributed by atoms with Crippen molar-refractivity contribution in [3.05, 3.63) is 12.2 Å². The van der Waals surface area contributed by atoms with Crippen LogP contribution in [-0.4, -0.2) is 47.9 Å². The molecule has 0 aromatic rings. The number of nitrogens with zero attached hydrogens (tertiary/aromatic N) is 2. The summed E-state index contributed by atoms with van der Waals surface area (Å²) < 4.78 is 0. The van der Waals surface area contributed by atoms with E-state index in [9.17, 15) is 4.79 Å². The van der Waals surface area contributed by atoms with E-state index in [1.54, 1.807) is 0 Å². The fourth-order valence-electron chi connectivity index (χ4n) is 4.60. The van der Waals surface area contributed by atoms with E-state index in [-0.39, 0.29) is 6.04 Å². The van der Waals surface area contributed by atoms with Crippen LogP contribution in [-0.2, 0) is 4.79 Å². The Balaban J connectivity index is 2.01. The van der Waals surface area contributed by atoms with Crippen LogP contribution < -0.4 is 0 Å². The van der Waals surface area contributed by atoms with E-state index < -0.39 is 0 Å². The van der Waals surface area contributed by atoms with E-state index in [4.69, 9.17) is 0 Å². The molecule has 1 atom stereocenters. The first kappa shape index (κ1) is 22.5. The lowest BCUT2D eigenvalue weighted by Gasteiger charge is -2.36. The lowest BCUT2D eigenvalue weighted by Crippen LogP contribution is -2.50. The van der Waals surface area contributed by atoms with Gasteiger partial charge in [0, 0.05) is 13.1 Å². The van der Waals surface area contributed by atoms with Gasteiger partial charge in [0.1, 0.15) is 0 Å². The van der Waals surface area contributed by atoms with Crippen molar-refractivity contribution in [3.8, 4) is 0 Å². The van der Waals surface area contributed by atoms with Crippen molar-refractivity contribution in [3.63, 3.8) is 0 Å². The summed E-state index contributed by atoms with van der Waals surface area (Å²) >= 11 is 0. The standard InChI is InChI=1S/C24H44N2O/c1-3-5-18-26(19-6-4-2)24(27)23(25-20-11-8-12-21-25)17-13-16-22-14-9-7-10-15-22/h13,16,22-23H,3-12,14-15,17-21H2,1-2H3/b16-13+/t23-/m1/s1. The predicted octanol–water partition coefficient (Wildman–Crippen LogP) is 5.80. The molecule has 0 aromatic carbocycles. The molecule has 1 amide bonds. The highest BCUT2D eigenvalue weighted by Crippen LogP contribution is 2.25. The average molecular weight is 377 g/mol. The van der Waals surface area contributed by atoms with Gasteiger partial charge in [-0.3, -0.25) is 9.69 Å². The number of amides is 1. The van der Waals surface area contributed by atoms with Crippen LogP contribution in [0.25, 0.3) is 0 Å². The summed E-state index contributed by atoms with van der Waals surface area (Å²) in [6.07, 6.45) is 20.9. The number of piperidine rings is 1. The highest BCUT2D eigenvalue weighted by molar-refractivity contribution is 5.82. The van der Waals surface area contributed by atoms with Gasteiger partial charge in [-0.05, 0) is 64.0 Å². The van der Waals surface area contributed by atoms with Gasteiger partial charge in [0.25, 0.3) is 0 Å². The Morgan fingerprint density at radius 1 is 0.963 bits per heavy atom. The number of likely N-dealkylation sites (tertiary alicyclic amines) is 1. The molecular weight excluding hydrogens is 332 g/mol. The van der Waals surface area contributed by atoms with E-state index in [0.717, 1.165) is 64.2 Å². The molecule has 3 nitrogen and oxygen atoms in total. The molecule has 1 saturated carbocycles. The van der Waals surface area contributed by atoms with Crippen LogP contribution in [0, 0.1) is 5.92 Å². The number of rotatable bonds is 11. The van der Waals surface area contributed by atoms with Crippen molar-refractivity contribution >= 4 is 5.91 Å². The maximum Gasteiger partial charge on any atom is 0.240 e. The lowest BCUT2D eigenvalue weighted by molar-refractivity contribution is -0.137. The molecule has 0 radical (unpaired) electrons. The van der Waals surface area contributed by atoms with Crippen molar-refractivity contribution in [2.45, 2.75) is 103 Å². The third kappa shape index (κ3) is 7.97. The minimum atomic E-state index is 0.0684. The maximum atomic E-state index is 13.5. The second-order valence-corrected chi connectivity index (χ2v) is 8.71. The Morgan fingerprint density at radius 2 is 1.56 bits per heavy atom. The molecule has 3 heteroatoms. The molecule has 156 valence electrons. The molecule has 0 aromatic heterocycles. The van der Waals surface area contributed by atoms with E-state index in [1.165, 1.54) is 51.4 Å². The minimum absolute atomic E-state index is 0.0684. The van der Waals surface area contributed by atoms with Gasteiger partial charge < -0.3 is 4.90 Å². The van der Waals surface area contributed by atoms with Crippen molar-refractivity contribution in [2.75, 3.05) is 26.2 Å². The summed E-state index contributed by atoms with van der Waals surface area (Å²) in [5.74, 6) is 1.15.